The van der Waals surface area contributed by atoms with E-state index in [1.54, 1.807) is 6.92 Å². The molecule has 0 amide bonds. The summed E-state index contributed by atoms with van der Waals surface area (Å²) in [5.74, 6) is 0.784. The number of hydrogen-bond donors (Lipinski definition) is 0. The minimum absolute atomic E-state index is 0.214. The second-order valence-corrected chi connectivity index (χ2v) is 7.82. The summed E-state index contributed by atoms with van der Waals surface area (Å²) in [5.41, 5.74) is 4.31. The lowest BCUT2D eigenvalue weighted by molar-refractivity contribution is -0.143. The summed E-state index contributed by atoms with van der Waals surface area (Å²) in [6.07, 6.45) is 0.594. The lowest BCUT2D eigenvalue weighted by Crippen LogP contribution is -2.07. The molecule has 4 aromatic rings. The van der Waals surface area contributed by atoms with Gasteiger partial charge in [0.1, 0.15) is 11.4 Å². The van der Waals surface area contributed by atoms with Crippen molar-refractivity contribution in [3.8, 4) is 22.8 Å². The number of aryl methyl sites for hydroxylation is 1. The fourth-order valence-electron chi connectivity index (χ4n) is 3.20. The summed E-state index contributed by atoms with van der Waals surface area (Å²) in [6, 6.07) is 23.7. The lowest BCUT2D eigenvalue weighted by atomic mass is 10.1. The van der Waals surface area contributed by atoms with E-state index in [4.69, 9.17) is 14.5 Å². The first-order chi connectivity index (χ1) is 15.1. The van der Waals surface area contributed by atoms with Crippen molar-refractivity contribution in [1.29, 1.82) is 0 Å². The van der Waals surface area contributed by atoms with Crippen LogP contribution in [-0.2, 0) is 16.0 Å². The third-order valence-electron chi connectivity index (χ3n) is 4.71. The van der Waals surface area contributed by atoms with Crippen LogP contribution < -0.4 is 4.74 Å². The summed E-state index contributed by atoms with van der Waals surface area (Å²) < 4.78 is 12.1. The molecule has 0 N–H and O–H groups in total. The van der Waals surface area contributed by atoms with Crippen LogP contribution in [0.15, 0.2) is 77.3 Å². The Balaban J connectivity index is 1.62. The number of nitrogens with zero attached hydrogens (tertiary/aromatic N) is 2. The molecule has 3 aromatic carbocycles. The van der Waals surface area contributed by atoms with Crippen LogP contribution in [0.4, 0.5) is 0 Å². The van der Waals surface area contributed by atoms with E-state index in [2.05, 4.69) is 33.0 Å². The van der Waals surface area contributed by atoms with Gasteiger partial charge in [0.25, 0.3) is 0 Å². The van der Waals surface area contributed by atoms with Crippen LogP contribution in [0.25, 0.3) is 22.2 Å². The number of carbonyl (C=O) groups excluding carboxylic acids is 1. The van der Waals surface area contributed by atoms with Gasteiger partial charge in [0.05, 0.1) is 24.1 Å². The number of hydrogen-bond acceptors (Lipinski definition) is 5. The summed E-state index contributed by atoms with van der Waals surface area (Å²) in [6.45, 7) is 2.14. The van der Waals surface area contributed by atoms with E-state index in [-0.39, 0.29) is 12.4 Å². The van der Waals surface area contributed by atoms with E-state index in [1.807, 2.05) is 60.7 Å². The maximum atomic E-state index is 11.9. The maximum absolute atomic E-state index is 11.9. The topological polar surface area (TPSA) is 61.3 Å². The van der Waals surface area contributed by atoms with Crippen molar-refractivity contribution in [2.24, 2.45) is 0 Å². The van der Waals surface area contributed by atoms with Crippen molar-refractivity contribution < 1.29 is 14.3 Å². The SMILES string of the molecule is CCOC(=O)CCc1nc2cc(Br)ccc2nc1Oc1ccc(-c2ccccc2)cc1. The summed E-state index contributed by atoms with van der Waals surface area (Å²) in [4.78, 5) is 21.2. The van der Waals surface area contributed by atoms with Gasteiger partial charge in [-0.05, 0) is 48.4 Å². The molecule has 1 heterocycles. The average Bonchev–Trinajstić information content (AvgIpc) is 2.79. The monoisotopic (exact) mass is 476 g/mol. The zero-order chi connectivity index (χ0) is 21.6. The second-order valence-electron chi connectivity index (χ2n) is 6.91. The van der Waals surface area contributed by atoms with E-state index < -0.39 is 0 Å². The van der Waals surface area contributed by atoms with Crippen LogP contribution in [0.3, 0.4) is 0 Å². The molecule has 1 aromatic heterocycles. The quantitative estimate of drug-likeness (QED) is 0.291. The van der Waals surface area contributed by atoms with Gasteiger partial charge in [0.15, 0.2) is 0 Å². The van der Waals surface area contributed by atoms with Crippen molar-refractivity contribution in [2.45, 2.75) is 19.8 Å². The normalized spacial score (nSPS) is 10.8. The largest absolute Gasteiger partial charge is 0.466 e. The molecule has 0 atom stereocenters. The Hall–Kier alpha value is -3.25. The molecule has 0 saturated carbocycles. The minimum atomic E-state index is -0.267. The minimum Gasteiger partial charge on any atom is -0.466 e. The van der Waals surface area contributed by atoms with Crippen LogP contribution in [0, 0.1) is 0 Å². The van der Waals surface area contributed by atoms with Crippen LogP contribution >= 0.6 is 15.9 Å². The zero-order valence-corrected chi connectivity index (χ0v) is 18.6. The number of rotatable bonds is 7. The predicted molar refractivity (Wildman–Crippen MR) is 124 cm³/mol. The third kappa shape index (κ3) is 5.27. The molecule has 0 radical (unpaired) electrons. The molecule has 0 saturated heterocycles. The molecule has 156 valence electrons. The van der Waals surface area contributed by atoms with Gasteiger partial charge in [0.2, 0.25) is 5.88 Å². The smallest absolute Gasteiger partial charge is 0.306 e. The summed E-state index contributed by atoms with van der Waals surface area (Å²) in [7, 11) is 0. The third-order valence-corrected chi connectivity index (χ3v) is 5.20. The van der Waals surface area contributed by atoms with Crippen molar-refractivity contribution in [3.63, 3.8) is 0 Å². The fraction of sp³-hybridized carbons (Fsp3) is 0.160. The van der Waals surface area contributed by atoms with Gasteiger partial charge >= 0.3 is 5.97 Å². The second kappa shape index (κ2) is 9.71. The first-order valence-corrected chi connectivity index (χ1v) is 10.9. The number of ether oxygens (including phenoxy) is 2. The molecule has 0 aliphatic carbocycles. The van der Waals surface area contributed by atoms with Gasteiger partial charge in [-0.3, -0.25) is 4.79 Å². The number of carbonyl (C=O) groups is 1. The fourth-order valence-corrected chi connectivity index (χ4v) is 3.55. The molecular formula is C25H21BrN2O3. The van der Waals surface area contributed by atoms with Crippen LogP contribution in [0.1, 0.15) is 19.0 Å². The Bertz CT molecular complexity index is 1190. The van der Waals surface area contributed by atoms with Gasteiger partial charge in [-0.25, -0.2) is 9.97 Å². The van der Waals surface area contributed by atoms with Gasteiger partial charge in [-0.15, -0.1) is 0 Å². The highest BCUT2D eigenvalue weighted by Crippen LogP contribution is 2.29. The number of aromatic nitrogens is 2. The maximum Gasteiger partial charge on any atom is 0.306 e. The van der Waals surface area contributed by atoms with Gasteiger partial charge < -0.3 is 9.47 Å². The molecule has 0 unspecified atom stereocenters. The Morgan fingerprint density at radius 2 is 1.65 bits per heavy atom. The van der Waals surface area contributed by atoms with Crippen molar-refractivity contribution in [2.75, 3.05) is 6.61 Å². The Morgan fingerprint density at radius 3 is 2.39 bits per heavy atom. The predicted octanol–water partition coefficient (Wildman–Crippen LogP) is 6.35. The molecule has 0 fully saturated rings. The molecule has 6 heteroatoms. The first-order valence-electron chi connectivity index (χ1n) is 10.1. The van der Waals surface area contributed by atoms with E-state index >= 15 is 0 Å². The van der Waals surface area contributed by atoms with Gasteiger partial charge in [-0.1, -0.05) is 58.4 Å². The van der Waals surface area contributed by atoms with Gasteiger partial charge in [-0.2, -0.15) is 0 Å². The van der Waals surface area contributed by atoms with E-state index in [1.165, 1.54) is 0 Å². The molecule has 4 rings (SSSR count). The van der Waals surface area contributed by atoms with Crippen LogP contribution in [0.2, 0.25) is 0 Å². The Morgan fingerprint density at radius 1 is 0.903 bits per heavy atom. The standard InChI is InChI=1S/C25H21BrN2O3/c1-2-30-24(29)15-14-22-25(28-21-13-10-19(26)16-23(21)27-22)31-20-11-8-18(9-12-20)17-6-4-3-5-7-17/h3-13,16H,2,14-15H2,1H3. The highest BCUT2D eigenvalue weighted by atomic mass is 79.9. The van der Waals surface area contributed by atoms with Crippen molar-refractivity contribution in [1.82, 2.24) is 9.97 Å². The highest BCUT2D eigenvalue weighted by Gasteiger charge is 2.14. The molecule has 31 heavy (non-hydrogen) atoms. The molecule has 0 aliphatic rings. The molecule has 0 aliphatic heterocycles. The zero-order valence-electron chi connectivity index (χ0n) is 17.0. The van der Waals surface area contributed by atoms with Crippen LogP contribution in [-0.4, -0.2) is 22.5 Å². The molecule has 0 spiro atoms. The van der Waals surface area contributed by atoms with Crippen LogP contribution in [0.5, 0.6) is 11.6 Å². The molecular weight excluding hydrogens is 456 g/mol. The van der Waals surface area contributed by atoms with E-state index in [0.717, 1.165) is 26.6 Å². The Labute approximate surface area is 189 Å². The van der Waals surface area contributed by atoms with E-state index in [0.29, 0.717) is 30.4 Å². The summed E-state index contributed by atoms with van der Waals surface area (Å²) in [5, 5.41) is 0. The number of halogens is 1. The Kier molecular flexibility index (Phi) is 6.57. The average molecular weight is 477 g/mol. The number of fused-ring (bicyclic) bond motifs is 1. The highest BCUT2D eigenvalue weighted by molar-refractivity contribution is 9.10. The van der Waals surface area contributed by atoms with Crippen molar-refractivity contribution >= 4 is 32.9 Å². The lowest BCUT2D eigenvalue weighted by Gasteiger charge is -2.12. The summed E-state index contributed by atoms with van der Waals surface area (Å²) >= 11 is 3.46. The van der Waals surface area contributed by atoms with Crippen molar-refractivity contribution in [3.05, 3.63) is 83.0 Å². The molecule has 5 nitrogen and oxygen atoms in total. The van der Waals surface area contributed by atoms with Gasteiger partial charge in [0, 0.05) is 10.9 Å². The van der Waals surface area contributed by atoms with E-state index in [9.17, 15) is 4.79 Å². The molecule has 0 bridgehead atoms. The number of esters is 1. The number of benzene rings is 3. The first kappa shape index (κ1) is 21.0.